The van der Waals surface area contributed by atoms with Gasteiger partial charge in [-0.2, -0.15) is 4.57 Å². The number of thiazole rings is 1. The number of fused-ring (bicyclic) bond motifs is 2. The first-order chi connectivity index (χ1) is 13.5. The maximum absolute atomic E-state index is 2.42. The molecule has 144 valence electrons. The Morgan fingerprint density at radius 1 is 1.07 bits per heavy atom. The molecule has 1 aliphatic rings. The van der Waals surface area contributed by atoms with Crippen LogP contribution in [0.4, 0.5) is 5.69 Å². The minimum atomic E-state index is 0.986. The average molecular weight is 408 g/mol. The predicted molar refractivity (Wildman–Crippen MR) is 124 cm³/mol. The molecular formula is C24H27N2S2+. The van der Waals surface area contributed by atoms with Crippen LogP contribution in [0.2, 0.25) is 0 Å². The number of rotatable bonds is 4. The fourth-order valence-electron chi connectivity index (χ4n) is 3.72. The summed E-state index contributed by atoms with van der Waals surface area (Å²) in [4.78, 5) is 3.78. The first-order valence-corrected chi connectivity index (χ1v) is 11.5. The Bertz CT molecular complexity index is 1110. The summed E-state index contributed by atoms with van der Waals surface area (Å²) in [6.45, 7) is 13.0. The lowest BCUT2D eigenvalue weighted by molar-refractivity contribution is -0.665. The standard InChI is InChI=1S/C24H27N2S2/c1-6-25-19-12-16(3)8-10-21(19)27-23(25)14-18(5)15-24-26(7-2)20-13-17(4)9-11-22(20)28-24/h8-15H,6-7H2,1-5H3/q+1. The smallest absolute Gasteiger partial charge is 0.262 e. The zero-order chi connectivity index (χ0) is 19.8. The van der Waals surface area contributed by atoms with Gasteiger partial charge in [0.1, 0.15) is 11.2 Å². The minimum absolute atomic E-state index is 0.986. The molecular weight excluding hydrogens is 380 g/mol. The Hall–Kier alpha value is -2.04. The van der Waals surface area contributed by atoms with Gasteiger partial charge >= 0.3 is 0 Å². The highest BCUT2D eigenvalue weighted by atomic mass is 32.2. The molecule has 0 unspecified atom stereocenters. The van der Waals surface area contributed by atoms with Gasteiger partial charge < -0.3 is 4.90 Å². The van der Waals surface area contributed by atoms with Crippen LogP contribution >= 0.6 is 23.1 Å². The molecule has 0 fully saturated rings. The van der Waals surface area contributed by atoms with Crippen molar-refractivity contribution in [2.75, 3.05) is 11.4 Å². The lowest BCUT2D eigenvalue weighted by Crippen LogP contribution is -2.33. The van der Waals surface area contributed by atoms with Gasteiger partial charge in [0.25, 0.3) is 5.01 Å². The molecule has 0 bridgehead atoms. The second-order valence-electron chi connectivity index (χ2n) is 7.34. The van der Waals surface area contributed by atoms with Gasteiger partial charge in [0.05, 0.1) is 10.7 Å². The number of anilines is 1. The number of allylic oxidation sites excluding steroid dienone is 2. The van der Waals surface area contributed by atoms with Crippen LogP contribution in [0.25, 0.3) is 16.3 Å². The van der Waals surface area contributed by atoms with E-state index in [1.165, 1.54) is 47.5 Å². The summed E-state index contributed by atoms with van der Waals surface area (Å²) < 4.78 is 3.78. The number of benzene rings is 2. The van der Waals surface area contributed by atoms with Crippen LogP contribution in [0.1, 0.15) is 36.9 Å². The highest BCUT2D eigenvalue weighted by Crippen LogP contribution is 2.46. The van der Waals surface area contributed by atoms with Gasteiger partial charge in [0.2, 0.25) is 5.52 Å². The predicted octanol–water partition coefficient (Wildman–Crippen LogP) is 6.70. The molecule has 0 atom stereocenters. The molecule has 0 N–H and O–H groups in total. The van der Waals surface area contributed by atoms with Crippen molar-refractivity contribution in [2.45, 2.75) is 46.1 Å². The molecule has 28 heavy (non-hydrogen) atoms. The summed E-state index contributed by atoms with van der Waals surface area (Å²) in [7, 11) is 0. The molecule has 2 aromatic carbocycles. The maximum atomic E-state index is 2.42. The summed E-state index contributed by atoms with van der Waals surface area (Å²) in [5.41, 5.74) is 6.60. The largest absolute Gasteiger partial charge is 0.335 e. The summed E-state index contributed by atoms with van der Waals surface area (Å²) in [5.74, 6) is 0. The zero-order valence-corrected chi connectivity index (χ0v) is 18.9. The van der Waals surface area contributed by atoms with Crippen LogP contribution in [0, 0.1) is 13.8 Å². The molecule has 0 aliphatic carbocycles. The van der Waals surface area contributed by atoms with Gasteiger partial charge in [-0.3, -0.25) is 0 Å². The highest BCUT2D eigenvalue weighted by Gasteiger charge is 2.24. The third-order valence-corrected chi connectivity index (χ3v) is 7.33. The average Bonchev–Trinajstić information content (AvgIpc) is 3.17. The summed E-state index contributed by atoms with van der Waals surface area (Å²) >= 11 is 3.75. The Morgan fingerprint density at radius 2 is 1.82 bits per heavy atom. The molecule has 4 rings (SSSR count). The summed E-state index contributed by atoms with van der Waals surface area (Å²) in [6, 6.07) is 13.5. The van der Waals surface area contributed by atoms with E-state index >= 15 is 0 Å². The van der Waals surface area contributed by atoms with Crippen molar-refractivity contribution in [3.63, 3.8) is 0 Å². The van der Waals surface area contributed by atoms with E-state index in [4.69, 9.17) is 0 Å². The molecule has 3 aromatic rings. The van der Waals surface area contributed by atoms with E-state index in [9.17, 15) is 0 Å². The molecule has 0 amide bonds. The molecule has 0 saturated carbocycles. The fourth-order valence-corrected chi connectivity index (χ4v) is 6.16. The highest BCUT2D eigenvalue weighted by molar-refractivity contribution is 8.03. The van der Waals surface area contributed by atoms with Crippen LogP contribution in [-0.4, -0.2) is 6.54 Å². The zero-order valence-electron chi connectivity index (χ0n) is 17.2. The van der Waals surface area contributed by atoms with E-state index in [1.54, 1.807) is 0 Å². The normalized spacial score (nSPS) is 15.7. The maximum Gasteiger partial charge on any atom is 0.262 e. The van der Waals surface area contributed by atoms with Crippen LogP contribution in [0.15, 0.2) is 58.0 Å². The first kappa shape index (κ1) is 19.3. The first-order valence-electron chi connectivity index (χ1n) is 9.89. The monoisotopic (exact) mass is 407 g/mol. The number of thioether (sulfide) groups is 1. The van der Waals surface area contributed by atoms with Crippen molar-refractivity contribution in [1.29, 1.82) is 0 Å². The molecule has 4 heteroatoms. The molecule has 1 aromatic heterocycles. The van der Waals surface area contributed by atoms with Gasteiger partial charge in [-0.25, -0.2) is 0 Å². The van der Waals surface area contributed by atoms with E-state index in [0.717, 1.165) is 13.1 Å². The van der Waals surface area contributed by atoms with Crippen LogP contribution < -0.4 is 9.47 Å². The van der Waals surface area contributed by atoms with Crippen molar-refractivity contribution in [2.24, 2.45) is 0 Å². The van der Waals surface area contributed by atoms with Crippen molar-refractivity contribution >= 4 is 45.1 Å². The number of aryl methyl sites for hydroxylation is 3. The van der Waals surface area contributed by atoms with E-state index in [1.807, 2.05) is 23.1 Å². The van der Waals surface area contributed by atoms with Crippen LogP contribution in [-0.2, 0) is 6.54 Å². The fraction of sp³-hybridized carbons (Fsp3) is 0.292. The topological polar surface area (TPSA) is 7.12 Å². The lowest BCUT2D eigenvalue weighted by Gasteiger charge is -2.18. The molecule has 0 saturated heterocycles. The Balaban J connectivity index is 1.71. The molecule has 1 aliphatic heterocycles. The van der Waals surface area contributed by atoms with Crippen molar-refractivity contribution in [3.05, 3.63) is 69.2 Å². The number of hydrogen-bond donors (Lipinski definition) is 0. The van der Waals surface area contributed by atoms with Crippen LogP contribution in [0.5, 0.6) is 0 Å². The number of nitrogens with zero attached hydrogens (tertiary/aromatic N) is 2. The van der Waals surface area contributed by atoms with Crippen molar-refractivity contribution in [3.8, 4) is 0 Å². The van der Waals surface area contributed by atoms with Gasteiger partial charge in [-0.1, -0.05) is 35.2 Å². The Morgan fingerprint density at radius 3 is 2.57 bits per heavy atom. The molecule has 2 heterocycles. The van der Waals surface area contributed by atoms with E-state index < -0.39 is 0 Å². The van der Waals surface area contributed by atoms with E-state index in [0.29, 0.717) is 0 Å². The van der Waals surface area contributed by atoms with E-state index in [-0.39, 0.29) is 0 Å². The second kappa shape index (κ2) is 7.76. The van der Waals surface area contributed by atoms with Crippen LogP contribution in [0.3, 0.4) is 0 Å². The molecule has 0 spiro atoms. The molecule has 0 radical (unpaired) electrons. The quantitative estimate of drug-likeness (QED) is 0.444. The number of aromatic nitrogens is 1. The number of hydrogen-bond acceptors (Lipinski definition) is 3. The SMILES string of the molecule is CCN1/C(=C/C(C)=C/c2sc3ccc(C)cc3[n+]2CC)Sc2ccc(C)cc21. The van der Waals surface area contributed by atoms with Crippen molar-refractivity contribution in [1.82, 2.24) is 0 Å². The Labute approximate surface area is 176 Å². The summed E-state index contributed by atoms with van der Waals surface area (Å²) in [6.07, 6.45) is 4.66. The lowest BCUT2D eigenvalue weighted by atomic mass is 10.2. The summed E-state index contributed by atoms with van der Waals surface area (Å²) in [5, 5.41) is 2.63. The molecule has 2 nitrogen and oxygen atoms in total. The Kier molecular flexibility index (Phi) is 5.35. The van der Waals surface area contributed by atoms with Gasteiger partial charge in [0, 0.05) is 23.6 Å². The minimum Gasteiger partial charge on any atom is -0.335 e. The second-order valence-corrected chi connectivity index (χ2v) is 9.47. The van der Waals surface area contributed by atoms with Gasteiger partial charge in [0.15, 0.2) is 0 Å². The third kappa shape index (κ3) is 3.51. The van der Waals surface area contributed by atoms with Gasteiger partial charge in [-0.05, 0) is 75.6 Å². The van der Waals surface area contributed by atoms with Crippen molar-refractivity contribution < 1.29 is 4.57 Å². The van der Waals surface area contributed by atoms with E-state index in [2.05, 4.69) is 92.6 Å². The van der Waals surface area contributed by atoms with Gasteiger partial charge in [-0.15, -0.1) is 0 Å². The third-order valence-electron chi connectivity index (χ3n) is 5.11.